The van der Waals surface area contributed by atoms with Gasteiger partial charge in [0, 0.05) is 18.4 Å². The smallest absolute Gasteiger partial charge is 0.306 e. The molecule has 1 unspecified atom stereocenters. The van der Waals surface area contributed by atoms with Gasteiger partial charge in [0.25, 0.3) is 0 Å². The van der Waals surface area contributed by atoms with E-state index in [2.05, 4.69) is 48.1 Å². The van der Waals surface area contributed by atoms with Crippen LogP contribution in [0.4, 0.5) is 0 Å². The molecule has 1 heterocycles. The number of hydrogen-bond donors (Lipinski definition) is 0. The number of rotatable bonds is 16. The molecule has 0 fully saturated rings. The molecule has 1 aromatic carbocycles. The average Bonchev–Trinajstić information content (AvgIpc) is 2.81. The summed E-state index contributed by atoms with van der Waals surface area (Å²) in [4.78, 5) is 20.5. The fraction of sp³-hybridized carbons (Fsp3) is 0.593. The van der Waals surface area contributed by atoms with Crippen LogP contribution in [-0.4, -0.2) is 28.6 Å². The van der Waals surface area contributed by atoms with E-state index < -0.39 is 0 Å². The molecule has 32 heavy (non-hydrogen) atoms. The van der Waals surface area contributed by atoms with Gasteiger partial charge in [0.15, 0.2) is 11.6 Å². The first-order chi connectivity index (χ1) is 15.6. The SMILES string of the molecule is CCCCCCCCc1ccc(-c2ncc(OCCC(C)OC(=O)CCCC)cn2)cc1. The summed E-state index contributed by atoms with van der Waals surface area (Å²) in [5.41, 5.74) is 2.38. The molecule has 0 N–H and O–H groups in total. The molecule has 0 aliphatic rings. The third kappa shape index (κ3) is 10.3. The van der Waals surface area contributed by atoms with Crippen LogP contribution in [0, 0.1) is 0 Å². The predicted molar refractivity (Wildman–Crippen MR) is 130 cm³/mol. The van der Waals surface area contributed by atoms with Crippen LogP contribution in [0.15, 0.2) is 36.7 Å². The molecule has 0 bridgehead atoms. The van der Waals surface area contributed by atoms with Gasteiger partial charge in [-0.25, -0.2) is 9.97 Å². The second kappa shape index (κ2) is 15.4. The molecule has 1 aromatic heterocycles. The second-order valence-electron chi connectivity index (χ2n) is 8.50. The summed E-state index contributed by atoms with van der Waals surface area (Å²) in [6, 6.07) is 8.55. The number of aryl methyl sites for hydroxylation is 1. The molecular formula is C27H40N2O3. The van der Waals surface area contributed by atoms with Gasteiger partial charge in [-0.15, -0.1) is 0 Å². The van der Waals surface area contributed by atoms with E-state index >= 15 is 0 Å². The Balaban J connectivity index is 1.71. The third-order valence-corrected chi connectivity index (χ3v) is 5.52. The maximum absolute atomic E-state index is 11.7. The average molecular weight is 441 g/mol. The first-order valence-corrected chi connectivity index (χ1v) is 12.4. The van der Waals surface area contributed by atoms with Crippen LogP contribution in [0.5, 0.6) is 5.75 Å². The molecule has 5 heteroatoms. The Morgan fingerprint density at radius 3 is 2.25 bits per heavy atom. The molecule has 0 saturated heterocycles. The number of ether oxygens (including phenoxy) is 2. The summed E-state index contributed by atoms with van der Waals surface area (Å²) < 4.78 is 11.1. The third-order valence-electron chi connectivity index (χ3n) is 5.52. The summed E-state index contributed by atoms with van der Waals surface area (Å²) >= 11 is 0. The Hall–Kier alpha value is -2.43. The van der Waals surface area contributed by atoms with Gasteiger partial charge in [-0.1, -0.05) is 76.6 Å². The van der Waals surface area contributed by atoms with Crippen LogP contribution in [-0.2, 0) is 16.0 Å². The zero-order valence-corrected chi connectivity index (χ0v) is 20.1. The van der Waals surface area contributed by atoms with Gasteiger partial charge in [-0.2, -0.15) is 0 Å². The number of nitrogens with zero attached hydrogens (tertiary/aromatic N) is 2. The van der Waals surface area contributed by atoms with Crippen molar-refractivity contribution in [2.45, 2.75) is 97.5 Å². The van der Waals surface area contributed by atoms with Crippen molar-refractivity contribution in [1.82, 2.24) is 9.97 Å². The number of carbonyl (C=O) groups is 1. The van der Waals surface area contributed by atoms with E-state index in [1.807, 2.05) is 6.92 Å². The molecule has 2 rings (SSSR count). The highest BCUT2D eigenvalue weighted by Gasteiger charge is 2.09. The zero-order chi connectivity index (χ0) is 23.0. The van der Waals surface area contributed by atoms with Crippen molar-refractivity contribution in [2.24, 2.45) is 0 Å². The van der Waals surface area contributed by atoms with Crippen molar-refractivity contribution < 1.29 is 14.3 Å². The Bertz CT molecular complexity index is 759. The van der Waals surface area contributed by atoms with Gasteiger partial charge in [-0.05, 0) is 31.7 Å². The van der Waals surface area contributed by atoms with Crippen LogP contribution in [0.2, 0.25) is 0 Å². The summed E-state index contributed by atoms with van der Waals surface area (Å²) in [7, 11) is 0. The fourth-order valence-corrected chi connectivity index (χ4v) is 3.48. The molecule has 0 aliphatic carbocycles. The highest BCUT2D eigenvalue weighted by Crippen LogP contribution is 2.19. The van der Waals surface area contributed by atoms with Crippen LogP contribution in [0.3, 0.4) is 0 Å². The molecule has 0 saturated carbocycles. The first kappa shape index (κ1) is 25.8. The van der Waals surface area contributed by atoms with Gasteiger partial charge in [0.2, 0.25) is 0 Å². The summed E-state index contributed by atoms with van der Waals surface area (Å²) in [5.74, 6) is 1.18. The lowest BCUT2D eigenvalue weighted by atomic mass is 10.0. The molecule has 176 valence electrons. The lowest BCUT2D eigenvalue weighted by Crippen LogP contribution is -2.17. The van der Waals surface area contributed by atoms with Crippen molar-refractivity contribution in [3.8, 4) is 17.1 Å². The molecule has 5 nitrogen and oxygen atoms in total. The van der Waals surface area contributed by atoms with Gasteiger partial charge in [0.1, 0.15) is 6.10 Å². The molecule has 0 aliphatic heterocycles. The van der Waals surface area contributed by atoms with E-state index in [0.29, 0.717) is 31.0 Å². The van der Waals surface area contributed by atoms with Crippen LogP contribution < -0.4 is 4.74 Å². The largest absolute Gasteiger partial charge is 0.490 e. The quantitative estimate of drug-likeness (QED) is 0.209. The zero-order valence-electron chi connectivity index (χ0n) is 20.1. The molecule has 2 aromatic rings. The van der Waals surface area contributed by atoms with Gasteiger partial charge in [0.05, 0.1) is 19.0 Å². The lowest BCUT2D eigenvalue weighted by molar-refractivity contribution is -0.148. The van der Waals surface area contributed by atoms with Crippen molar-refractivity contribution >= 4 is 5.97 Å². The van der Waals surface area contributed by atoms with Crippen LogP contribution in [0.1, 0.15) is 90.5 Å². The normalized spacial score (nSPS) is 11.8. The predicted octanol–water partition coefficient (Wildman–Crippen LogP) is 6.94. The van der Waals surface area contributed by atoms with Crippen molar-refractivity contribution in [3.05, 3.63) is 42.2 Å². The standard InChI is InChI=1S/C27H40N2O3/c1-4-6-8-9-10-11-12-23-14-16-24(17-15-23)27-28-20-25(21-29-27)31-19-18-22(3)32-26(30)13-7-5-2/h14-17,20-22H,4-13,18-19H2,1-3H3. The van der Waals surface area contributed by atoms with Crippen molar-refractivity contribution in [2.75, 3.05) is 6.61 Å². The second-order valence-corrected chi connectivity index (χ2v) is 8.50. The van der Waals surface area contributed by atoms with E-state index in [0.717, 1.165) is 24.8 Å². The van der Waals surface area contributed by atoms with E-state index in [1.165, 1.54) is 44.1 Å². The Kier molecular flexibility index (Phi) is 12.4. The Morgan fingerprint density at radius 1 is 0.906 bits per heavy atom. The summed E-state index contributed by atoms with van der Waals surface area (Å²) in [5, 5.41) is 0. The van der Waals surface area contributed by atoms with E-state index in [-0.39, 0.29) is 12.1 Å². The molecule has 0 spiro atoms. The number of aromatic nitrogens is 2. The van der Waals surface area contributed by atoms with Crippen LogP contribution >= 0.6 is 0 Å². The Labute approximate surface area is 194 Å². The van der Waals surface area contributed by atoms with E-state index in [1.54, 1.807) is 12.4 Å². The van der Waals surface area contributed by atoms with Crippen LogP contribution in [0.25, 0.3) is 11.4 Å². The molecule has 0 amide bonds. The number of benzene rings is 1. The minimum absolute atomic E-state index is 0.134. The first-order valence-electron chi connectivity index (χ1n) is 12.4. The number of hydrogen-bond acceptors (Lipinski definition) is 5. The monoisotopic (exact) mass is 440 g/mol. The Morgan fingerprint density at radius 2 is 1.56 bits per heavy atom. The maximum atomic E-state index is 11.7. The van der Waals surface area contributed by atoms with E-state index in [4.69, 9.17) is 9.47 Å². The molecule has 1 atom stereocenters. The number of carbonyl (C=O) groups excluding carboxylic acids is 1. The van der Waals surface area contributed by atoms with E-state index in [9.17, 15) is 4.79 Å². The number of unbranched alkanes of at least 4 members (excludes halogenated alkanes) is 6. The number of esters is 1. The topological polar surface area (TPSA) is 61.3 Å². The molecular weight excluding hydrogens is 400 g/mol. The summed E-state index contributed by atoms with van der Waals surface area (Å²) in [6.45, 7) is 6.66. The van der Waals surface area contributed by atoms with Gasteiger partial charge < -0.3 is 9.47 Å². The fourth-order valence-electron chi connectivity index (χ4n) is 3.48. The highest BCUT2D eigenvalue weighted by molar-refractivity contribution is 5.69. The highest BCUT2D eigenvalue weighted by atomic mass is 16.5. The minimum atomic E-state index is -0.158. The maximum Gasteiger partial charge on any atom is 0.306 e. The van der Waals surface area contributed by atoms with Gasteiger partial charge >= 0.3 is 5.97 Å². The van der Waals surface area contributed by atoms with Gasteiger partial charge in [-0.3, -0.25) is 4.79 Å². The minimum Gasteiger partial charge on any atom is -0.490 e. The molecule has 0 radical (unpaired) electrons. The van der Waals surface area contributed by atoms with Crippen molar-refractivity contribution in [1.29, 1.82) is 0 Å². The lowest BCUT2D eigenvalue weighted by Gasteiger charge is -2.13. The summed E-state index contributed by atoms with van der Waals surface area (Å²) in [6.07, 6.45) is 15.3. The van der Waals surface area contributed by atoms with Crippen molar-refractivity contribution in [3.63, 3.8) is 0 Å².